The number of hydrogen-bond acceptors (Lipinski definition) is 5. The lowest BCUT2D eigenvalue weighted by Gasteiger charge is -2.10. The van der Waals surface area contributed by atoms with E-state index in [1.807, 2.05) is 0 Å². The Labute approximate surface area is 159 Å². The number of benzene rings is 2. The van der Waals surface area contributed by atoms with E-state index in [1.165, 1.54) is 6.07 Å². The fourth-order valence-corrected chi connectivity index (χ4v) is 2.59. The van der Waals surface area contributed by atoms with Gasteiger partial charge in [0.2, 0.25) is 0 Å². The molecule has 0 atom stereocenters. The molecule has 0 aliphatic carbocycles. The van der Waals surface area contributed by atoms with Crippen LogP contribution in [0.15, 0.2) is 46.9 Å². The molecule has 0 spiro atoms. The van der Waals surface area contributed by atoms with E-state index in [2.05, 4.69) is 15.9 Å². The largest absolute Gasteiger partial charge is 0.480 e. The van der Waals surface area contributed by atoms with Crippen molar-refractivity contribution in [1.29, 1.82) is 0 Å². The van der Waals surface area contributed by atoms with Crippen LogP contribution in [0.2, 0.25) is 5.02 Å². The molecule has 0 radical (unpaired) electrons. The van der Waals surface area contributed by atoms with E-state index in [9.17, 15) is 9.59 Å². The molecule has 5 nitrogen and oxygen atoms in total. The first kappa shape index (κ1) is 19.3. The van der Waals surface area contributed by atoms with Gasteiger partial charge in [0.25, 0.3) is 0 Å². The van der Waals surface area contributed by atoms with Crippen molar-refractivity contribution in [2.45, 2.75) is 20.0 Å². The van der Waals surface area contributed by atoms with Gasteiger partial charge in [-0.05, 0) is 50.2 Å². The van der Waals surface area contributed by atoms with Crippen molar-refractivity contribution < 1.29 is 23.8 Å². The lowest BCUT2D eigenvalue weighted by molar-refractivity contribution is -0.136. The summed E-state index contributed by atoms with van der Waals surface area (Å²) < 4.78 is 16.4. The molecule has 2 aromatic rings. The monoisotopic (exact) mass is 426 g/mol. The van der Waals surface area contributed by atoms with Gasteiger partial charge in [-0.2, -0.15) is 0 Å². The van der Waals surface area contributed by atoms with Crippen LogP contribution < -0.4 is 9.47 Å². The minimum absolute atomic E-state index is 0.230. The minimum Gasteiger partial charge on any atom is -0.480 e. The van der Waals surface area contributed by atoms with Gasteiger partial charge >= 0.3 is 11.9 Å². The lowest BCUT2D eigenvalue weighted by Crippen LogP contribution is -2.18. The zero-order chi connectivity index (χ0) is 18.4. The van der Waals surface area contributed by atoms with E-state index in [-0.39, 0.29) is 18.5 Å². The zero-order valence-corrected chi connectivity index (χ0v) is 16.0. The van der Waals surface area contributed by atoms with Crippen LogP contribution in [0.25, 0.3) is 0 Å². The van der Waals surface area contributed by atoms with Gasteiger partial charge in [0.05, 0.1) is 16.7 Å². The average Bonchev–Trinajstić information content (AvgIpc) is 2.53. The van der Waals surface area contributed by atoms with Gasteiger partial charge in [0.15, 0.2) is 6.61 Å². The molecule has 0 N–H and O–H groups in total. The second-order valence-electron chi connectivity index (χ2n) is 5.32. The third-order valence-electron chi connectivity index (χ3n) is 2.88. The number of esters is 2. The molecule has 0 bridgehead atoms. The molecule has 0 saturated carbocycles. The quantitative estimate of drug-likeness (QED) is 0.496. The summed E-state index contributed by atoms with van der Waals surface area (Å²) in [6.45, 7) is 3.20. The molecule has 0 fully saturated rings. The first-order valence-electron chi connectivity index (χ1n) is 7.44. The van der Waals surface area contributed by atoms with Crippen LogP contribution in [-0.2, 0) is 9.53 Å². The Hall–Kier alpha value is -2.05. The molecule has 7 heteroatoms. The van der Waals surface area contributed by atoms with Crippen molar-refractivity contribution in [3.63, 3.8) is 0 Å². The number of carbonyl (C=O) groups excluding carboxylic acids is 2. The molecule has 0 aliphatic heterocycles. The Balaban J connectivity index is 1.95. The molecule has 0 saturated heterocycles. The summed E-state index contributed by atoms with van der Waals surface area (Å²) in [6, 6.07) is 11.2. The second-order valence-corrected chi connectivity index (χ2v) is 6.64. The smallest absolute Gasteiger partial charge is 0.349 e. The Morgan fingerprint density at radius 3 is 2.60 bits per heavy atom. The van der Waals surface area contributed by atoms with Gasteiger partial charge in [-0.1, -0.05) is 33.6 Å². The highest BCUT2D eigenvalue weighted by Crippen LogP contribution is 2.27. The Morgan fingerprint density at radius 1 is 1.16 bits per heavy atom. The van der Waals surface area contributed by atoms with Crippen LogP contribution in [0.4, 0.5) is 0 Å². The molecule has 0 unspecified atom stereocenters. The van der Waals surface area contributed by atoms with Crippen molar-refractivity contribution >= 4 is 39.5 Å². The fraction of sp³-hybridized carbons (Fsp3) is 0.222. The van der Waals surface area contributed by atoms with Gasteiger partial charge < -0.3 is 14.2 Å². The Bertz CT molecular complexity index is 776. The molecule has 0 heterocycles. The van der Waals surface area contributed by atoms with E-state index in [1.54, 1.807) is 50.2 Å². The van der Waals surface area contributed by atoms with Gasteiger partial charge in [-0.15, -0.1) is 0 Å². The SMILES string of the molecule is CC(C)OC(=O)c1cccc(OC(=O)COc2ccc(Br)cc2Cl)c1. The van der Waals surface area contributed by atoms with Crippen LogP contribution in [0.5, 0.6) is 11.5 Å². The number of carbonyl (C=O) groups is 2. The molecular weight excluding hydrogens is 412 g/mol. The molecule has 0 aliphatic rings. The lowest BCUT2D eigenvalue weighted by atomic mass is 10.2. The third-order valence-corrected chi connectivity index (χ3v) is 3.67. The molecule has 132 valence electrons. The number of rotatable bonds is 6. The first-order chi connectivity index (χ1) is 11.8. The highest BCUT2D eigenvalue weighted by Gasteiger charge is 2.13. The Morgan fingerprint density at radius 2 is 1.92 bits per heavy atom. The maximum absolute atomic E-state index is 11.9. The van der Waals surface area contributed by atoms with Crippen LogP contribution in [0, 0.1) is 0 Å². The number of hydrogen-bond donors (Lipinski definition) is 0. The summed E-state index contributed by atoms with van der Waals surface area (Å²) in [5.74, 6) is -0.496. The van der Waals surface area contributed by atoms with Crippen molar-refractivity contribution in [2.24, 2.45) is 0 Å². The molecule has 2 aromatic carbocycles. The highest BCUT2D eigenvalue weighted by molar-refractivity contribution is 9.10. The standard InChI is InChI=1S/C18H16BrClO5/c1-11(2)24-18(22)12-4-3-5-14(8-12)25-17(21)10-23-16-7-6-13(19)9-15(16)20/h3-9,11H,10H2,1-2H3. The topological polar surface area (TPSA) is 61.8 Å². The normalized spacial score (nSPS) is 10.4. The van der Waals surface area contributed by atoms with Crippen LogP contribution >= 0.6 is 27.5 Å². The minimum atomic E-state index is -0.617. The fourth-order valence-electron chi connectivity index (χ4n) is 1.86. The van der Waals surface area contributed by atoms with Crippen molar-refractivity contribution in [1.82, 2.24) is 0 Å². The maximum atomic E-state index is 11.9. The third kappa shape index (κ3) is 6.07. The highest BCUT2D eigenvalue weighted by atomic mass is 79.9. The van der Waals surface area contributed by atoms with Crippen molar-refractivity contribution in [3.8, 4) is 11.5 Å². The van der Waals surface area contributed by atoms with E-state index in [0.29, 0.717) is 16.3 Å². The van der Waals surface area contributed by atoms with Crippen LogP contribution in [0.1, 0.15) is 24.2 Å². The average molecular weight is 428 g/mol. The van der Waals surface area contributed by atoms with Crippen LogP contribution in [-0.4, -0.2) is 24.6 Å². The molecule has 0 amide bonds. The summed E-state index contributed by atoms with van der Waals surface area (Å²) in [5.41, 5.74) is 0.302. The van der Waals surface area contributed by atoms with E-state index < -0.39 is 11.9 Å². The summed E-state index contributed by atoms with van der Waals surface area (Å²) >= 11 is 9.30. The summed E-state index contributed by atoms with van der Waals surface area (Å²) in [5, 5.41) is 0.376. The summed E-state index contributed by atoms with van der Waals surface area (Å²) in [7, 11) is 0. The first-order valence-corrected chi connectivity index (χ1v) is 8.62. The van der Waals surface area contributed by atoms with Crippen LogP contribution in [0.3, 0.4) is 0 Å². The molecule has 0 aromatic heterocycles. The maximum Gasteiger partial charge on any atom is 0.349 e. The van der Waals surface area contributed by atoms with E-state index >= 15 is 0 Å². The van der Waals surface area contributed by atoms with Gasteiger partial charge in [-0.3, -0.25) is 0 Å². The molecular formula is C18H16BrClO5. The summed E-state index contributed by atoms with van der Waals surface area (Å²) in [4.78, 5) is 23.8. The molecule has 25 heavy (non-hydrogen) atoms. The predicted octanol–water partition coefficient (Wildman–Crippen LogP) is 4.65. The van der Waals surface area contributed by atoms with Crippen molar-refractivity contribution in [2.75, 3.05) is 6.61 Å². The summed E-state index contributed by atoms with van der Waals surface area (Å²) in [6.07, 6.45) is -0.234. The van der Waals surface area contributed by atoms with E-state index in [0.717, 1.165) is 4.47 Å². The number of ether oxygens (including phenoxy) is 3. The van der Waals surface area contributed by atoms with Gasteiger partial charge in [-0.25, -0.2) is 9.59 Å². The second kappa shape index (κ2) is 8.87. The predicted molar refractivity (Wildman–Crippen MR) is 97.3 cm³/mol. The van der Waals surface area contributed by atoms with Gasteiger partial charge in [0.1, 0.15) is 11.5 Å². The van der Waals surface area contributed by atoms with E-state index in [4.69, 9.17) is 25.8 Å². The van der Waals surface area contributed by atoms with Crippen molar-refractivity contribution in [3.05, 3.63) is 57.5 Å². The molecule has 2 rings (SSSR count). The Kier molecular flexibility index (Phi) is 6.84. The van der Waals surface area contributed by atoms with Gasteiger partial charge in [0, 0.05) is 4.47 Å². The number of halogens is 2. The zero-order valence-electron chi connectivity index (χ0n) is 13.6.